The van der Waals surface area contributed by atoms with Gasteiger partial charge in [-0.3, -0.25) is 4.79 Å². The monoisotopic (exact) mass is 194 g/mol. The molecule has 0 amide bonds. The summed E-state index contributed by atoms with van der Waals surface area (Å²) in [7, 11) is 0. The van der Waals surface area contributed by atoms with Gasteiger partial charge < -0.3 is 5.11 Å². The summed E-state index contributed by atoms with van der Waals surface area (Å²) in [5, 5.41) is 11.2. The van der Waals surface area contributed by atoms with Gasteiger partial charge in [0, 0.05) is 6.07 Å². The average Bonchev–Trinajstić information content (AvgIpc) is 2.44. The van der Waals surface area contributed by atoms with Crippen molar-refractivity contribution >= 4 is 11.6 Å². The van der Waals surface area contributed by atoms with Crippen LogP contribution >= 0.6 is 0 Å². The maximum Gasteiger partial charge on any atom is 0.451 e. The number of aromatic nitrogens is 3. The summed E-state index contributed by atoms with van der Waals surface area (Å²) in [5.74, 6) is -1.06. The Bertz CT molecular complexity index is 540. The highest BCUT2D eigenvalue weighted by atomic mass is 16.4. The van der Waals surface area contributed by atoms with E-state index >= 15 is 0 Å². The van der Waals surface area contributed by atoms with Crippen molar-refractivity contribution in [3.8, 4) is 0 Å². The van der Waals surface area contributed by atoms with Gasteiger partial charge in [0.05, 0.1) is 0 Å². The number of nitrogens with zero attached hydrogens (tertiary/aromatic N) is 2. The zero-order valence-electron chi connectivity index (χ0n) is 7.17. The van der Waals surface area contributed by atoms with Crippen LogP contribution in [0.15, 0.2) is 29.2 Å². The highest BCUT2D eigenvalue weighted by molar-refractivity contribution is 5.66. The van der Waals surface area contributed by atoms with Crippen molar-refractivity contribution in [2.24, 2.45) is 0 Å². The van der Waals surface area contributed by atoms with Crippen LogP contribution in [0.4, 0.5) is 0 Å². The number of carbonyl (C=O) groups is 1. The minimum Gasteiger partial charge on any atom is -0.480 e. The van der Waals surface area contributed by atoms with Gasteiger partial charge in [0.1, 0.15) is 6.20 Å². The van der Waals surface area contributed by atoms with Crippen molar-refractivity contribution in [3.05, 3.63) is 34.9 Å². The summed E-state index contributed by atoms with van der Waals surface area (Å²) in [5.41, 5.74) is 0.182. The van der Waals surface area contributed by atoms with E-state index in [1.165, 1.54) is 4.40 Å². The molecule has 0 atom stereocenters. The van der Waals surface area contributed by atoms with Crippen LogP contribution in [0.25, 0.3) is 5.65 Å². The summed E-state index contributed by atoms with van der Waals surface area (Å²) in [4.78, 5) is 21.9. The molecule has 72 valence electrons. The molecule has 0 saturated carbocycles. The first-order valence-corrected chi connectivity index (χ1v) is 3.99. The van der Waals surface area contributed by atoms with Crippen LogP contribution < -0.4 is 10.8 Å². The lowest BCUT2D eigenvalue weighted by Gasteiger charge is -1.86. The van der Waals surface area contributed by atoms with E-state index in [0.717, 1.165) is 4.68 Å². The number of carboxylic acid groups (broad SMARTS) is 1. The quantitative estimate of drug-likeness (QED) is 0.666. The first-order valence-electron chi connectivity index (χ1n) is 3.99. The fraction of sp³-hybridized carbons (Fsp3) is 0.125. The van der Waals surface area contributed by atoms with Gasteiger partial charge >= 0.3 is 17.3 Å². The second kappa shape index (κ2) is 2.99. The Hall–Kier alpha value is -2.11. The molecule has 0 bridgehead atoms. The van der Waals surface area contributed by atoms with Crippen molar-refractivity contribution in [2.75, 3.05) is 0 Å². The van der Waals surface area contributed by atoms with Crippen molar-refractivity contribution in [1.29, 1.82) is 0 Å². The molecule has 0 aliphatic heterocycles. The topological polar surface area (TPSA) is 77.8 Å². The molecule has 0 aromatic carbocycles. The summed E-state index contributed by atoms with van der Waals surface area (Å²) in [6.07, 6.45) is 1.58. The van der Waals surface area contributed by atoms with Crippen LogP contribution in [0.5, 0.6) is 0 Å². The van der Waals surface area contributed by atoms with E-state index in [0.29, 0.717) is 5.65 Å². The largest absolute Gasteiger partial charge is 0.480 e. The Morgan fingerprint density at radius 3 is 2.93 bits per heavy atom. The molecule has 0 aliphatic rings. The van der Waals surface area contributed by atoms with Gasteiger partial charge in [-0.1, -0.05) is 6.07 Å². The Kier molecular flexibility index (Phi) is 1.81. The van der Waals surface area contributed by atoms with E-state index in [-0.39, 0.29) is 12.2 Å². The first kappa shape index (κ1) is 8.49. The number of fused-ring (bicyclic) bond motifs is 1. The van der Waals surface area contributed by atoms with Crippen LogP contribution in [0.2, 0.25) is 0 Å². The van der Waals surface area contributed by atoms with E-state index in [1.54, 1.807) is 24.4 Å². The van der Waals surface area contributed by atoms with Gasteiger partial charge in [-0.05, 0) is 6.07 Å². The molecule has 2 aromatic heterocycles. The maximum absolute atomic E-state index is 11.5. The van der Waals surface area contributed by atoms with Crippen LogP contribution in [-0.4, -0.2) is 20.2 Å². The molecule has 2 N–H and O–H groups in total. The summed E-state index contributed by atoms with van der Waals surface area (Å²) < 4.78 is 2.39. The molecule has 0 spiro atoms. The molecule has 0 radical (unpaired) electrons. The normalized spacial score (nSPS) is 10.6. The molecule has 14 heavy (non-hydrogen) atoms. The minimum atomic E-state index is -1.06. The molecule has 6 heteroatoms. The van der Waals surface area contributed by atoms with Gasteiger partial charge in [-0.25, -0.2) is 4.79 Å². The first-order chi connectivity index (χ1) is 6.68. The van der Waals surface area contributed by atoms with Gasteiger partial charge in [-0.2, -0.15) is 5.10 Å². The molecule has 2 heterocycles. The van der Waals surface area contributed by atoms with Crippen LogP contribution in [0.3, 0.4) is 0 Å². The molecule has 0 fully saturated rings. The Balaban J connectivity index is 2.63. The fourth-order valence-corrected chi connectivity index (χ4v) is 1.26. The lowest BCUT2D eigenvalue weighted by Crippen LogP contribution is -2.32. The number of aromatic amines is 1. The predicted molar refractivity (Wildman–Crippen MR) is 45.8 cm³/mol. The van der Waals surface area contributed by atoms with Crippen molar-refractivity contribution in [1.82, 2.24) is 9.08 Å². The van der Waals surface area contributed by atoms with Crippen LogP contribution in [0, 0.1) is 0 Å². The van der Waals surface area contributed by atoms with Gasteiger partial charge in [-0.15, -0.1) is 9.08 Å². The molecule has 6 nitrogen and oxygen atoms in total. The van der Waals surface area contributed by atoms with E-state index < -0.39 is 5.97 Å². The zero-order chi connectivity index (χ0) is 10.1. The van der Waals surface area contributed by atoms with Gasteiger partial charge in [0.2, 0.25) is 0 Å². The molecular formula is C8H8N3O3+. The Morgan fingerprint density at radius 1 is 1.50 bits per heavy atom. The second-order valence-electron chi connectivity index (χ2n) is 2.83. The highest BCUT2D eigenvalue weighted by Gasteiger charge is 2.14. The number of pyridine rings is 1. The molecule has 2 rings (SSSR count). The molecule has 2 aromatic rings. The highest BCUT2D eigenvalue weighted by Crippen LogP contribution is 1.90. The SMILES string of the molecule is O=C(O)Cn1[nH+]c2ccccn2c1=O. The third-order valence-electron chi connectivity index (χ3n) is 1.84. The van der Waals surface area contributed by atoms with E-state index in [9.17, 15) is 9.59 Å². The van der Waals surface area contributed by atoms with E-state index in [1.807, 2.05) is 0 Å². The standard InChI is InChI=1S/C8H7N3O3/c12-7(13)5-11-8(14)10-4-2-1-3-6(10)9-11/h1-4H,5H2,(H,12,13)/p+1. The number of nitrogens with one attached hydrogen (secondary N) is 1. The lowest BCUT2D eigenvalue weighted by molar-refractivity contribution is -0.463. The van der Waals surface area contributed by atoms with Crippen molar-refractivity contribution < 1.29 is 15.0 Å². The lowest BCUT2D eigenvalue weighted by atomic mass is 10.5. The minimum absolute atomic E-state index is 0.361. The smallest absolute Gasteiger partial charge is 0.451 e. The van der Waals surface area contributed by atoms with Crippen LogP contribution in [-0.2, 0) is 11.3 Å². The van der Waals surface area contributed by atoms with E-state index in [2.05, 4.69) is 5.10 Å². The third-order valence-corrected chi connectivity index (χ3v) is 1.84. The number of aliphatic carboxylic acids is 1. The zero-order valence-corrected chi connectivity index (χ0v) is 7.17. The third kappa shape index (κ3) is 1.26. The number of hydrogen-bond donors (Lipinski definition) is 1. The van der Waals surface area contributed by atoms with Gasteiger partial charge in [0.15, 0.2) is 6.54 Å². The molecule has 0 aliphatic carbocycles. The average molecular weight is 194 g/mol. The Morgan fingerprint density at radius 2 is 2.29 bits per heavy atom. The predicted octanol–water partition coefficient (Wildman–Crippen LogP) is -1.00. The summed E-state index contributed by atoms with van der Waals surface area (Å²) >= 11 is 0. The van der Waals surface area contributed by atoms with Gasteiger partial charge in [0.25, 0.3) is 0 Å². The van der Waals surface area contributed by atoms with Crippen molar-refractivity contribution in [3.63, 3.8) is 0 Å². The molecule has 0 saturated heterocycles. The fourth-order valence-electron chi connectivity index (χ4n) is 1.26. The Labute approximate surface area is 78.0 Å². The molecular weight excluding hydrogens is 186 g/mol. The maximum atomic E-state index is 11.5. The molecule has 0 unspecified atom stereocenters. The summed E-state index contributed by atoms with van der Waals surface area (Å²) in [6, 6.07) is 5.16. The van der Waals surface area contributed by atoms with Crippen molar-refractivity contribution in [2.45, 2.75) is 6.54 Å². The van der Waals surface area contributed by atoms with Crippen LogP contribution in [0.1, 0.15) is 0 Å². The number of rotatable bonds is 2. The summed E-state index contributed by atoms with van der Waals surface area (Å²) in [6.45, 7) is -0.361. The second-order valence-corrected chi connectivity index (χ2v) is 2.83. The number of H-pyrrole nitrogens is 1. The van der Waals surface area contributed by atoms with E-state index in [4.69, 9.17) is 5.11 Å². The number of hydrogen-bond acceptors (Lipinski definition) is 2. The number of carboxylic acids is 1.